The van der Waals surface area contributed by atoms with E-state index in [0.717, 1.165) is 0 Å². The summed E-state index contributed by atoms with van der Waals surface area (Å²) in [6.45, 7) is 0.498. The molecule has 0 aliphatic carbocycles. The standard InChI is InChI=1S/C10H8ClNO2/c11-8-3-1-2-6-7(10(13)14)4-5-12-9(6)8/h1-4,12H,5H2,(H,13,14). The Morgan fingerprint density at radius 1 is 1.50 bits per heavy atom. The minimum Gasteiger partial charge on any atom is -0.478 e. The molecular formula is C10H8ClNO2. The van der Waals surface area contributed by atoms with Crippen molar-refractivity contribution in [2.45, 2.75) is 0 Å². The third kappa shape index (κ3) is 1.36. The quantitative estimate of drug-likeness (QED) is 0.746. The van der Waals surface area contributed by atoms with Crippen molar-refractivity contribution in [2.24, 2.45) is 0 Å². The monoisotopic (exact) mass is 209 g/mol. The molecule has 4 heteroatoms. The number of carboxylic acids is 1. The maximum absolute atomic E-state index is 10.9. The van der Waals surface area contributed by atoms with Crippen LogP contribution in [-0.4, -0.2) is 17.6 Å². The van der Waals surface area contributed by atoms with Gasteiger partial charge in [-0.25, -0.2) is 4.79 Å². The van der Waals surface area contributed by atoms with Gasteiger partial charge in [-0.3, -0.25) is 0 Å². The molecule has 72 valence electrons. The lowest BCUT2D eigenvalue weighted by molar-refractivity contribution is -0.130. The third-order valence-corrected chi connectivity index (χ3v) is 2.43. The molecule has 1 aromatic rings. The number of para-hydroxylation sites is 1. The highest BCUT2D eigenvalue weighted by atomic mass is 35.5. The minimum atomic E-state index is -0.921. The van der Waals surface area contributed by atoms with Gasteiger partial charge in [0.15, 0.2) is 0 Å². The summed E-state index contributed by atoms with van der Waals surface area (Å²) in [6.07, 6.45) is 1.64. The molecule has 1 aliphatic heterocycles. The van der Waals surface area contributed by atoms with Gasteiger partial charge in [0.1, 0.15) is 0 Å². The lowest BCUT2D eigenvalue weighted by Gasteiger charge is -2.17. The predicted molar refractivity (Wildman–Crippen MR) is 55.6 cm³/mol. The number of benzene rings is 1. The molecule has 2 N–H and O–H groups in total. The van der Waals surface area contributed by atoms with Crippen molar-refractivity contribution in [1.82, 2.24) is 0 Å². The van der Waals surface area contributed by atoms with Crippen molar-refractivity contribution in [2.75, 3.05) is 11.9 Å². The van der Waals surface area contributed by atoms with Gasteiger partial charge < -0.3 is 10.4 Å². The van der Waals surface area contributed by atoms with Crippen molar-refractivity contribution >= 4 is 28.8 Å². The molecule has 14 heavy (non-hydrogen) atoms. The highest BCUT2D eigenvalue weighted by Gasteiger charge is 2.18. The number of hydrogen-bond acceptors (Lipinski definition) is 2. The lowest BCUT2D eigenvalue weighted by Crippen LogP contribution is -2.12. The van der Waals surface area contributed by atoms with Gasteiger partial charge in [-0.15, -0.1) is 0 Å². The molecule has 0 spiro atoms. The molecule has 0 unspecified atom stereocenters. The summed E-state index contributed by atoms with van der Waals surface area (Å²) in [4.78, 5) is 10.9. The molecule has 0 radical (unpaired) electrons. The molecule has 0 bridgehead atoms. The van der Waals surface area contributed by atoms with Crippen LogP contribution in [0.3, 0.4) is 0 Å². The molecule has 0 saturated heterocycles. The molecule has 0 fully saturated rings. The number of carbonyl (C=O) groups is 1. The summed E-state index contributed by atoms with van der Waals surface area (Å²) in [5.74, 6) is -0.921. The van der Waals surface area contributed by atoms with Crippen LogP contribution in [0.2, 0.25) is 5.02 Å². The van der Waals surface area contributed by atoms with Crippen molar-refractivity contribution in [1.29, 1.82) is 0 Å². The molecule has 0 amide bonds. The van der Waals surface area contributed by atoms with E-state index in [1.807, 2.05) is 0 Å². The summed E-state index contributed by atoms with van der Waals surface area (Å²) in [5, 5.41) is 12.5. The Kier molecular flexibility index (Phi) is 2.17. The van der Waals surface area contributed by atoms with Gasteiger partial charge in [0.05, 0.1) is 16.3 Å². The first kappa shape index (κ1) is 9.09. The molecule has 0 atom stereocenters. The highest BCUT2D eigenvalue weighted by molar-refractivity contribution is 6.34. The van der Waals surface area contributed by atoms with E-state index in [1.54, 1.807) is 24.3 Å². The number of rotatable bonds is 1. The second kappa shape index (κ2) is 3.35. The van der Waals surface area contributed by atoms with E-state index in [4.69, 9.17) is 16.7 Å². The van der Waals surface area contributed by atoms with Crippen LogP contribution in [0.5, 0.6) is 0 Å². The van der Waals surface area contributed by atoms with Crippen molar-refractivity contribution in [3.63, 3.8) is 0 Å². The Morgan fingerprint density at radius 2 is 2.29 bits per heavy atom. The number of carboxylic acid groups (broad SMARTS) is 1. The van der Waals surface area contributed by atoms with Crippen molar-refractivity contribution in [3.8, 4) is 0 Å². The Morgan fingerprint density at radius 3 is 3.00 bits per heavy atom. The Labute approximate surface area is 86.0 Å². The van der Waals surface area contributed by atoms with Gasteiger partial charge in [0.25, 0.3) is 0 Å². The minimum absolute atomic E-state index is 0.307. The van der Waals surface area contributed by atoms with Crippen LogP contribution in [0.4, 0.5) is 5.69 Å². The Bertz CT molecular complexity index is 426. The first-order chi connectivity index (χ1) is 6.70. The molecule has 1 heterocycles. The van der Waals surface area contributed by atoms with Gasteiger partial charge >= 0.3 is 5.97 Å². The van der Waals surface area contributed by atoms with Crippen molar-refractivity contribution in [3.05, 3.63) is 34.9 Å². The van der Waals surface area contributed by atoms with Crippen LogP contribution >= 0.6 is 11.6 Å². The molecule has 3 nitrogen and oxygen atoms in total. The zero-order valence-corrected chi connectivity index (χ0v) is 8.01. The van der Waals surface area contributed by atoms with Crippen LogP contribution in [0, 0.1) is 0 Å². The van der Waals surface area contributed by atoms with Crippen molar-refractivity contribution < 1.29 is 9.90 Å². The normalized spacial score (nSPS) is 13.9. The summed E-state index contributed by atoms with van der Waals surface area (Å²) >= 11 is 5.93. The third-order valence-electron chi connectivity index (χ3n) is 2.12. The van der Waals surface area contributed by atoms with Gasteiger partial charge in [-0.2, -0.15) is 0 Å². The summed E-state index contributed by atoms with van der Waals surface area (Å²) in [7, 11) is 0. The first-order valence-electron chi connectivity index (χ1n) is 4.16. The fourth-order valence-corrected chi connectivity index (χ4v) is 1.74. The predicted octanol–water partition coefficient (Wildman–Crippen LogP) is 2.23. The van der Waals surface area contributed by atoms with E-state index in [2.05, 4.69) is 5.32 Å². The molecule has 0 saturated carbocycles. The SMILES string of the molecule is O=C(O)C1=CCNc2c(Cl)cccc21. The van der Waals surface area contributed by atoms with E-state index in [1.165, 1.54) is 0 Å². The number of nitrogens with one attached hydrogen (secondary N) is 1. The van der Waals surface area contributed by atoms with E-state index < -0.39 is 5.97 Å². The van der Waals surface area contributed by atoms with Gasteiger partial charge in [0.2, 0.25) is 0 Å². The van der Waals surface area contributed by atoms with E-state index in [-0.39, 0.29) is 0 Å². The number of anilines is 1. The topological polar surface area (TPSA) is 49.3 Å². The van der Waals surface area contributed by atoms with Crippen LogP contribution in [0.15, 0.2) is 24.3 Å². The number of hydrogen-bond donors (Lipinski definition) is 2. The second-order valence-corrected chi connectivity index (χ2v) is 3.37. The fourth-order valence-electron chi connectivity index (χ4n) is 1.50. The fraction of sp³-hybridized carbons (Fsp3) is 0.100. The first-order valence-corrected chi connectivity index (χ1v) is 4.54. The van der Waals surface area contributed by atoms with E-state index >= 15 is 0 Å². The Hall–Kier alpha value is -1.48. The second-order valence-electron chi connectivity index (χ2n) is 2.97. The van der Waals surface area contributed by atoms with Crippen LogP contribution in [-0.2, 0) is 4.79 Å². The molecule has 0 aromatic heterocycles. The average Bonchev–Trinajstić information content (AvgIpc) is 2.17. The molecular weight excluding hydrogens is 202 g/mol. The zero-order valence-electron chi connectivity index (χ0n) is 7.25. The van der Waals surface area contributed by atoms with Gasteiger partial charge in [-0.1, -0.05) is 29.8 Å². The number of halogens is 1. The lowest BCUT2D eigenvalue weighted by atomic mass is 10.0. The Balaban J connectivity index is 2.59. The zero-order chi connectivity index (χ0) is 10.1. The number of aliphatic carboxylic acids is 1. The maximum atomic E-state index is 10.9. The van der Waals surface area contributed by atoms with E-state index in [9.17, 15) is 4.79 Å². The average molecular weight is 210 g/mol. The summed E-state index contributed by atoms with van der Waals surface area (Å²) in [6, 6.07) is 5.22. The maximum Gasteiger partial charge on any atom is 0.336 e. The van der Waals surface area contributed by atoms with Crippen LogP contribution < -0.4 is 5.32 Å². The number of fused-ring (bicyclic) bond motifs is 1. The highest BCUT2D eigenvalue weighted by Crippen LogP contribution is 2.33. The van der Waals surface area contributed by atoms with Crippen LogP contribution in [0.1, 0.15) is 5.56 Å². The van der Waals surface area contributed by atoms with Crippen LogP contribution in [0.25, 0.3) is 5.57 Å². The van der Waals surface area contributed by atoms with Gasteiger partial charge in [0, 0.05) is 12.1 Å². The summed E-state index contributed by atoms with van der Waals surface area (Å²) in [5.41, 5.74) is 1.66. The van der Waals surface area contributed by atoms with Gasteiger partial charge in [-0.05, 0) is 6.07 Å². The molecule has 1 aromatic carbocycles. The smallest absolute Gasteiger partial charge is 0.336 e. The molecule has 1 aliphatic rings. The largest absolute Gasteiger partial charge is 0.478 e. The summed E-state index contributed by atoms with van der Waals surface area (Å²) < 4.78 is 0. The molecule has 2 rings (SSSR count). The van der Waals surface area contributed by atoms with E-state index in [0.29, 0.717) is 28.4 Å².